The molecule has 17 nitrogen and oxygen atoms in total. The van der Waals surface area contributed by atoms with Crippen LogP contribution < -0.4 is 25.4 Å². The molecule has 0 saturated carbocycles. The quantitative estimate of drug-likeness (QED) is 0.0589. The number of anilines is 2. The van der Waals surface area contributed by atoms with Crippen molar-refractivity contribution in [3.8, 4) is 11.8 Å². The molecule has 0 aliphatic heterocycles. The van der Waals surface area contributed by atoms with Crippen LogP contribution in [0.2, 0.25) is 0 Å². The van der Waals surface area contributed by atoms with Crippen LogP contribution >= 0.6 is 0 Å². The maximum atomic E-state index is 13.1. The van der Waals surface area contributed by atoms with E-state index in [-0.39, 0.29) is 40.8 Å². The first-order chi connectivity index (χ1) is 38.3. The third-order valence-electron chi connectivity index (χ3n) is 10.2. The number of nitrogens with zero attached hydrogens (tertiary/aromatic N) is 3. The van der Waals surface area contributed by atoms with Gasteiger partial charge < -0.3 is 39.6 Å². The fourth-order valence-electron chi connectivity index (χ4n) is 6.61. The van der Waals surface area contributed by atoms with Gasteiger partial charge >= 0.3 is 36.4 Å². The highest BCUT2D eigenvalue weighted by Gasteiger charge is 2.36. The average Bonchev–Trinajstić information content (AvgIpc) is 3.38. The normalized spacial score (nSPS) is 11.7. The largest absolute Gasteiger partial charge is 0.481 e. The Labute approximate surface area is 470 Å². The maximum absolute atomic E-state index is 13.1. The van der Waals surface area contributed by atoms with Crippen molar-refractivity contribution in [3.63, 3.8) is 0 Å². The highest BCUT2D eigenvalue weighted by atomic mass is 19.4. The monoisotopic (exact) mass is 1170 g/mol. The summed E-state index contributed by atoms with van der Waals surface area (Å²) in [5.41, 5.74) is -7.27. The van der Waals surface area contributed by atoms with Crippen molar-refractivity contribution in [2.75, 3.05) is 24.9 Å². The number of rotatable bonds is 12. The molecular formula is C57H57F9N6O11. The van der Waals surface area contributed by atoms with Gasteiger partial charge in [0.25, 0.3) is 17.7 Å². The highest BCUT2D eigenvalue weighted by Crippen LogP contribution is 2.34. The fourth-order valence-corrected chi connectivity index (χ4v) is 6.61. The zero-order valence-corrected chi connectivity index (χ0v) is 46.4. The Kier molecular flexibility index (Phi) is 21.7. The number of benzene rings is 3. The Hall–Kier alpha value is -9.10. The summed E-state index contributed by atoms with van der Waals surface area (Å²) in [6, 6.07) is 19.5. The van der Waals surface area contributed by atoms with Crippen molar-refractivity contribution in [2.45, 2.75) is 104 Å². The second-order valence-corrected chi connectivity index (χ2v) is 20.3. The van der Waals surface area contributed by atoms with Crippen molar-refractivity contribution in [2.24, 2.45) is 0 Å². The van der Waals surface area contributed by atoms with E-state index in [4.69, 9.17) is 23.7 Å². The van der Waals surface area contributed by atoms with Crippen LogP contribution in [0.5, 0.6) is 11.8 Å². The molecule has 0 unspecified atom stereocenters. The molecule has 444 valence electrons. The van der Waals surface area contributed by atoms with Crippen molar-refractivity contribution in [1.29, 1.82) is 0 Å². The number of ether oxygens (including phenoxy) is 5. The molecule has 0 radical (unpaired) electrons. The van der Waals surface area contributed by atoms with Crippen LogP contribution in [0, 0.1) is 0 Å². The van der Waals surface area contributed by atoms with Crippen molar-refractivity contribution in [3.05, 3.63) is 171 Å². The number of esters is 3. The molecule has 6 aromatic rings. The Balaban J connectivity index is 0.000000267. The second-order valence-electron chi connectivity index (χ2n) is 20.3. The minimum atomic E-state index is -4.68. The molecule has 3 amide bonds. The van der Waals surface area contributed by atoms with Gasteiger partial charge in [-0.15, -0.1) is 0 Å². The van der Waals surface area contributed by atoms with Gasteiger partial charge in [-0.1, -0.05) is 12.1 Å². The number of nitrogens with one attached hydrogen (secondary N) is 3. The number of amides is 3. The first-order valence-electron chi connectivity index (χ1n) is 24.4. The lowest BCUT2D eigenvalue weighted by molar-refractivity contribution is -0.138. The van der Waals surface area contributed by atoms with E-state index in [1.165, 1.54) is 38.6 Å². The van der Waals surface area contributed by atoms with E-state index < -0.39 is 104 Å². The molecule has 3 aromatic carbocycles. The van der Waals surface area contributed by atoms with Gasteiger partial charge in [0.15, 0.2) is 0 Å². The second kappa shape index (κ2) is 27.1. The Bertz CT molecular complexity index is 3150. The summed E-state index contributed by atoms with van der Waals surface area (Å²) in [5.74, 6) is -4.78. The van der Waals surface area contributed by atoms with E-state index >= 15 is 0 Å². The summed E-state index contributed by atoms with van der Waals surface area (Å²) < 4.78 is 143. The van der Waals surface area contributed by atoms with Gasteiger partial charge in [-0.2, -0.15) is 44.5 Å². The maximum Gasteiger partial charge on any atom is 0.416 e. The molecule has 0 saturated heterocycles. The number of carbonyl (C=O) groups is 6. The number of alkyl halides is 9. The summed E-state index contributed by atoms with van der Waals surface area (Å²) >= 11 is 0. The summed E-state index contributed by atoms with van der Waals surface area (Å²) in [5, 5.41) is 7.47. The van der Waals surface area contributed by atoms with E-state index in [0.29, 0.717) is 29.6 Å². The van der Waals surface area contributed by atoms with Crippen molar-refractivity contribution >= 4 is 47.1 Å². The third kappa shape index (κ3) is 21.1. The molecule has 0 spiro atoms. The van der Waals surface area contributed by atoms with Crippen LogP contribution in [0.3, 0.4) is 0 Å². The van der Waals surface area contributed by atoms with Gasteiger partial charge in [0.1, 0.15) is 22.6 Å². The molecule has 0 bridgehead atoms. The summed E-state index contributed by atoms with van der Waals surface area (Å²) in [7, 11) is 2.79. The summed E-state index contributed by atoms with van der Waals surface area (Å²) in [6.07, 6.45) is -11.1. The van der Waals surface area contributed by atoms with Gasteiger partial charge in [-0.3, -0.25) is 19.4 Å². The highest BCUT2D eigenvalue weighted by molar-refractivity contribution is 6.12. The lowest BCUT2D eigenvalue weighted by Crippen LogP contribution is -2.29. The van der Waals surface area contributed by atoms with E-state index in [0.717, 1.165) is 36.4 Å². The van der Waals surface area contributed by atoms with Crippen LogP contribution in [0.15, 0.2) is 116 Å². The number of methoxy groups -OCH3 is 2. The van der Waals surface area contributed by atoms with E-state index in [9.17, 15) is 68.3 Å². The van der Waals surface area contributed by atoms with Crippen LogP contribution in [-0.2, 0) is 39.3 Å². The van der Waals surface area contributed by atoms with Crippen LogP contribution in [0.4, 0.5) is 51.0 Å². The molecule has 0 aliphatic carbocycles. The molecule has 0 fully saturated rings. The van der Waals surface area contributed by atoms with Gasteiger partial charge in [-0.25, -0.2) is 19.4 Å². The summed E-state index contributed by atoms with van der Waals surface area (Å²) in [6.45, 7) is 14.2. The number of halogens is 9. The zero-order valence-electron chi connectivity index (χ0n) is 46.4. The predicted octanol–water partition coefficient (Wildman–Crippen LogP) is 12.6. The van der Waals surface area contributed by atoms with Crippen LogP contribution in [-0.4, -0.2) is 81.6 Å². The van der Waals surface area contributed by atoms with Crippen molar-refractivity contribution in [1.82, 2.24) is 20.3 Å². The standard InChI is InChI=1S/2C19H19F3N2O4.C19H19F3N2O3/c1-18(2,3)28-17(26)14-9-11(19(20,21)22)5-6-13(14)16(25)24-12-7-8-23-15(10-12)27-4;1-18(2,3)28-17(26)13-10-11(19(20,21)22)8-9-12(13)16(25)24-14-6-5-7-15(23-14)27-4;1-18(2,3)27-17(26)15-10-12(19(20,21)22)7-8-14(15)16(25)24-11-13-6-4-5-9-23-13/h2*5-10H,1-4H3,(H,23,24,25);4-10H,11H2,1-3H3,(H,24,25). The number of hydrogen-bond acceptors (Lipinski definition) is 14. The molecule has 3 aromatic heterocycles. The smallest absolute Gasteiger partial charge is 0.416 e. The predicted molar refractivity (Wildman–Crippen MR) is 283 cm³/mol. The topological polar surface area (TPSA) is 223 Å². The average molecular weight is 1170 g/mol. The van der Waals surface area contributed by atoms with Crippen LogP contribution in [0.25, 0.3) is 0 Å². The van der Waals surface area contributed by atoms with Gasteiger partial charge in [-0.05, 0) is 141 Å². The van der Waals surface area contributed by atoms with Crippen LogP contribution in [0.1, 0.15) is 147 Å². The SMILES string of the molecule is CC(C)(C)OC(=O)c1cc(C(F)(F)F)ccc1C(=O)NCc1ccccn1.COc1cc(NC(=O)c2ccc(C(F)(F)F)cc2C(=O)OC(C)(C)C)ccn1.COc1cccc(NC(=O)c2ccc(C(F)(F)F)cc2C(=O)OC(C)(C)C)n1. The molecular weight excluding hydrogens is 1120 g/mol. The van der Waals surface area contributed by atoms with E-state index in [1.54, 1.807) is 98.8 Å². The van der Waals surface area contributed by atoms with Gasteiger partial charge in [0.05, 0.1) is 76.5 Å². The molecule has 6 rings (SSSR count). The molecule has 0 atom stereocenters. The first kappa shape index (κ1) is 66.4. The zero-order chi connectivity index (χ0) is 62.5. The first-order valence-corrected chi connectivity index (χ1v) is 24.4. The molecule has 83 heavy (non-hydrogen) atoms. The number of aromatic nitrogens is 3. The molecule has 3 N–H and O–H groups in total. The Morgan fingerprint density at radius 2 is 0.855 bits per heavy atom. The van der Waals surface area contributed by atoms with E-state index in [1.807, 2.05) is 0 Å². The number of carbonyl (C=O) groups excluding carboxylic acids is 6. The fraction of sp³-hybridized carbons (Fsp3) is 0.316. The molecule has 0 aliphatic rings. The molecule has 26 heteroatoms. The number of pyridine rings is 3. The Morgan fingerprint density at radius 1 is 0.434 bits per heavy atom. The van der Waals surface area contributed by atoms with Gasteiger partial charge in [0.2, 0.25) is 11.8 Å². The lowest BCUT2D eigenvalue weighted by atomic mass is 10.0. The van der Waals surface area contributed by atoms with Gasteiger partial charge in [0, 0.05) is 30.2 Å². The molecule has 3 heterocycles. The number of hydrogen-bond donors (Lipinski definition) is 3. The lowest BCUT2D eigenvalue weighted by Gasteiger charge is -2.21. The summed E-state index contributed by atoms with van der Waals surface area (Å²) in [4.78, 5) is 86.7. The minimum Gasteiger partial charge on any atom is -0.481 e. The Morgan fingerprint density at radius 3 is 1.24 bits per heavy atom. The van der Waals surface area contributed by atoms with Crippen molar-refractivity contribution < 1.29 is 92.0 Å². The van der Waals surface area contributed by atoms with E-state index in [2.05, 4.69) is 30.9 Å². The minimum absolute atomic E-state index is 0.0639. The third-order valence-corrected chi connectivity index (χ3v) is 10.2.